The molecule has 0 saturated carbocycles. The maximum Gasteiger partial charge on any atom is 0.0319 e. The van der Waals surface area contributed by atoms with Crippen LogP contribution in [0.2, 0.25) is 0 Å². The zero-order chi connectivity index (χ0) is 6.28. The Labute approximate surface area is 47.8 Å². The fourth-order valence-corrected chi connectivity index (χ4v) is 0. The lowest BCUT2D eigenvalue weighted by atomic mass is 10.2. The van der Waals surface area contributed by atoms with Gasteiger partial charge in [0.2, 0.25) is 0 Å². The minimum atomic E-state index is 0. The van der Waals surface area contributed by atoms with Crippen LogP contribution in [-0.2, 0) is 0 Å². The number of rotatable bonds is 1. The van der Waals surface area contributed by atoms with Gasteiger partial charge in [-0.15, -0.1) is 0 Å². The fraction of sp³-hybridized carbons (Fsp3) is 1.00. The molecule has 0 aromatic heterocycles. The third kappa shape index (κ3) is 24.3. The molecule has 0 saturated heterocycles. The molecule has 0 rings (SSSR count). The third-order valence-corrected chi connectivity index (χ3v) is 0.816. The average molecular weight is 106 g/mol. The second kappa shape index (κ2) is 9.35. The molecule has 0 atom stereocenters. The first-order chi connectivity index (χ1) is 3.27. The minimum Gasteiger partial charge on any atom is -0.400 e. The summed E-state index contributed by atoms with van der Waals surface area (Å²) in [4.78, 5) is 0. The van der Waals surface area contributed by atoms with Crippen molar-refractivity contribution in [2.75, 3.05) is 7.11 Å². The Balaban J connectivity index is -0.0000000750. The van der Waals surface area contributed by atoms with E-state index in [1.165, 1.54) is 6.42 Å². The number of hydrogen-bond donors (Lipinski definition) is 1. The van der Waals surface area contributed by atoms with Crippen molar-refractivity contribution in [1.29, 1.82) is 0 Å². The molecule has 0 aromatic rings. The molecule has 0 aliphatic carbocycles. The Morgan fingerprint density at radius 3 is 1.57 bits per heavy atom. The van der Waals surface area contributed by atoms with E-state index in [0.717, 1.165) is 13.0 Å². The summed E-state index contributed by atoms with van der Waals surface area (Å²) in [6, 6.07) is 0. The Morgan fingerprint density at radius 1 is 1.43 bits per heavy atom. The van der Waals surface area contributed by atoms with Crippen molar-refractivity contribution in [2.45, 2.75) is 27.2 Å². The van der Waals surface area contributed by atoms with Gasteiger partial charge >= 0.3 is 0 Å². The summed E-state index contributed by atoms with van der Waals surface area (Å²) in [6.07, 6.45) is 1.31. The summed E-state index contributed by atoms with van der Waals surface area (Å²) in [5, 5.41) is 7.00. The molecule has 0 aliphatic heterocycles. The molecular weight excluding hydrogens is 88.1 g/mol. The largest absolute Gasteiger partial charge is 0.400 e. The Bertz CT molecular complexity index is 22.5. The van der Waals surface area contributed by atoms with Crippen LogP contribution in [0.3, 0.4) is 0 Å². The highest BCUT2D eigenvalue weighted by atomic mass is 16.2. The van der Waals surface area contributed by atoms with E-state index in [1.54, 1.807) is 0 Å². The lowest BCUT2D eigenvalue weighted by Gasteiger charge is -1.90. The molecule has 1 N–H and O–H groups in total. The first-order valence-electron chi connectivity index (χ1n) is 2.72. The predicted octanol–water partition coefficient (Wildman–Crippen LogP) is 1.91. The van der Waals surface area contributed by atoms with Gasteiger partial charge in [0, 0.05) is 8.54 Å². The molecule has 0 heterocycles. The van der Waals surface area contributed by atoms with Crippen molar-refractivity contribution in [3.63, 3.8) is 0 Å². The summed E-state index contributed by atoms with van der Waals surface area (Å²) >= 11 is 0. The maximum absolute atomic E-state index is 7.00. The number of aliphatic hydroxyl groups is 1. The van der Waals surface area contributed by atoms with Crippen molar-refractivity contribution in [3.8, 4) is 0 Å². The van der Waals surface area contributed by atoms with Crippen molar-refractivity contribution < 1.29 is 6.53 Å². The average Bonchev–Trinajstić information content (AvgIpc) is 1.73. The van der Waals surface area contributed by atoms with Gasteiger partial charge in [-0.25, -0.2) is 0 Å². The van der Waals surface area contributed by atoms with Crippen LogP contribution in [0.1, 0.15) is 28.6 Å². The Kier molecular flexibility index (Phi) is 13.4. The van der Waals surface area contributed by atoms with Crippen LogP contribution in [0.5, 0.6) is 0 Å². The van der Waals surface area contributed by atoms with Gasteiger partial charge in [0.15, 0.2) is 0 Å². The van der Waals surface area contributed by atoms with E-state index in [1.807, 2.05) is 0 Å². The summed E-state index contributed by atoms with van der Waals surface area (Å²) in [5.41, 5.74) is 0. The van der Waals surface area contributed by atoms with Crippen LogP contribution in [0.15, 0.2) is 0 Å². The molecule has 0 radical (unpaired) electrons. The summed E-state index contributed by atoms with van der Waals surface area (Å²) < 4.78 is 0. The van der Waals surface area contributed by atoms with Crippen LogP contribution in [0, 0.1) is 5.92 Å². The molecule has 0 amide bonds. The van der Waals surface area contributed by atoms with Crippen molar-refractivity contribution in [1.82, 2.24) is 0 Å². The van der Waals surface area contributed by atoms with Gasteiger partial charge in [0.1, 0.15) is 0 Å². The van der Waals surface area contributed by atoms with Gasteiger partial charge in [-0.2, -0.15) is 0 Å². The summed E-state index contributed by atoms with van der Waals surface area (Å²) in [6.45, 7) is 6.64. The molecule has 1 heteroatoms. The third-order valence-electron chi connectivity index (χ3n) is 0.816. The zero-order valence-electron chi connectivity index (χ0n) is 5.73. The predicted molar refractivity (Wildman–Crippen MR) is 35.4 cm³/mol. The molecule has 0 aliphatic rings. The molecule has 0 aromatic carbocycles. The molecule has 1 nitrogen and oxygen atoms in total. The molecular formula is C6H18O. The molecule has 48 valence electrons. The highest BCUT2D eigenvalue weighted by Crippen LogP contribution is 1.93. The monoisotopic (exact) mass is 106 g/mol. The first kappa shape index (κ1) is 10.0. The topological polar surface area (TPSA) is 20.2 Å². The van der Waals surface area contributed by atoms with Gasteiger partial charge in [0.25, 0.3) is 0 Å². The standard InChI is InChI=1S/C5H12.CH4O.H2/c1-4-5(2)3;1-2;/h5H,4H2,1-3H3;2H,1H3;1H. The lowest BCUT2D eigenvalue weighted by molar-refractivity contribution is 0.399. The SMILES string of the molecule is CCC(C)C.CO.[HH]. The van der Waals surface area contributed by atoms with E-state index in [0.29, 0.717) is 0 Å². The van der Waals surface area contributed by atoms with Crippen molar-refractivity contribution >= 4 is 0 Å². The van der Waals surface area contributed by atoms with E-state index < -0.39 is 0 Å². The van der Waals surface area contributed by atoms with Gasteiger partial charge in [-0.05, 0) is 5.92 Å². The summed E-state index contributed by atoms with van der Waals surface area (Å²) in [7, 11) is 1.00. The molecule has 0 unspecified atom stereocenters. The maximum atomic E-state index is 7.00. The van der Waals surface area contributed by atoms with E-state index in [4.69, 9.17) is 5.11 Å². The smallest absolute Gasteiger partial charge is 0.0319 e. The van der Waals surface area contributed by atoms with Crippen LogP contribution in [0.4, 0.5) is 0 Å². The highest BCUT2D eigenvalue weighted by Gasteiger charge is 1.80. The van der Waals surface area contributed by atoms with E-state index in [9.17, 15) is 0 Å². The van der Waals surface area contributed by atoms with Crippen LogP contribution in [0.25, 0.3) is 0 Å². The molecule has 7 heavy (non-hydrogen) atoms. The van der Waals surface area contributed by atoms with Crippen molar-refractivity contribution in [3.05, 3.63) is 0 Å². The molecule has 0 bridgehead atoms. The van der Waals surface area contributed by atoms with Crippen LogP contribution in [-0.4, -0.2) is 12.2 Å². The highest BCUT2D eigenvalue weighted by molar-refractivity contribution is 4.32. The second-order valence-electron chi connectivity index (χ2n) is 1.80. The summed E-state index contributed by atoms with van der Waals surface area (Å²) in [5.74, 6) is 0.884. The molecule has 0 fully saturated rings. The zero-order valence-corrected chi connectivity index (χ0v) is 5.73. The second-order valence-corrected chi connectivity index (χ2v) is 1.80. The van der Waals surface area contributed by atoms with Crippen molar-refractivity contribution in [2.24, 2.45) is 5.92 Å². The fourth-order valence-electron chi connectivity index (χ4n) is 0. The molecule has 0 spiro atoms. The normalized spacial score (nSPS) is 7.71. The Morgan fingerprint density at radius 2 is 1.57 bits per heavy atom. The van der Waals surface area contributed by atoms with E-state index in [-0.39, 0.29) is 1.43 Å². The Hall–Kier alpha value is -0.0400. The minimum absolute atomic E-state index is 0. The quantitative estimate of drug-likeness (QED) is 0.541. The van der Waals surface area contributed by atoms with E-state index >= 15 is 0 Å². The number of aliphatic hydroxyl groups excluding tert-OH is 1. The van der Waals surface area contributed by atoms with Gasteiger partial charge in [-0.3, -0.25) is 0 Å². The van der Waals surface area contributed by atoms with Crippen LogP contribution < -0.4 is 0 Å². The van der Waals surface area contributed by atoms with Gasteiger partial charge < -0.3 is 5.11 Å². The van der Waals surface area contributed by atoms with Crippen LogP contribution >= 0.6 is 0 Å². The first-order valence-corrected chi connectivity index (χ1v) is 2.72. The van der Waals surface area contributed by atoms with Gasteiger partial charge in [0.05, 0.1) is 0 Å². The van der Waals surface area contributed by atoms with E-state index in [2.05, 4.69) is 20.8 Å². The lowest BCUT2D eigenvalue weighted by Crippen LogP contribution is -1.77. The number of hydrogen-bond acceptors (Lipinski definition) is 1. The van der Waals surface area contributed by atoms with Gasteiger partial charge in [-0.1, -0.05) is 27.2 Å².